The second-order valence-corrected chi connectivity index (χ2v) is 3.57. The molecule has 0 fully saturated rings. The van der Waals surface area contributed by atoms with E-state index < -0.39 is 0 Å². The van der Waals surface area contributed by atoms with Crippen LogP contribution in [0.1, 0.15) is 6.92 Å². The number of benzene rings is 1. The van der Waals surface area contributed by atoms with Crippen LogP contribution in [0.4, 0.5) is 0 Å². The molecule has 0 aliphatic carbocycles. The van der Waals surface area contributed by atoms with Crippen LogP contribution in [-0.4, -0.2) is 11.0 Å². The lowest BCUT2D eigenvalue weighted by molar-refractivity contribution is -0.132. The Bertz CT molecular complexity index is 525. The van der Waals surface area contributed by atoms with Crippen LogP contribution in [-0.2, 0) is 4.79 Å². The number of hydrogen-bond donors (Lipinski definition) is 1. The van der Waals surface area contributed by atoms with Gasteiger partial charge in [0.15, 0.2) is 0 Å². The summed E-state index contributed by atoms with van der Waals surface area (Å²) in [7, 11) is 0. The third-order valence-corrected chi connectivity index (χ3v) is 2.28. The molecule has 0 atom stereocenters. The van der Waals surface area contributed by atoms with Crippen LogP contribution in [0.3, 0.4) is 0 Å². The van der Waals surface area contributed by atoms with Gasteiger partial charge in [0.25, 0.3) is 0 Å². The smallest absolute Gasteiger partial charge is 0.309 e. The summed E-state index contributed by atoms with van der Waals surface area (Å²) in [5, 5.41) is 0.971. The van der Waals surface area contributed by atoms with Crippen molar-refractivity contribution in [3.8, 4) is 5.88 Å². The third kappa shape index (κ3) is 2.10. The molecule has 0 saturated heterocycles. The van der Waals surface area contributed by atoms with Gasteiger partial charge >= 0.3 is 5.97 Å². The van der Waals surface area contributed by atoms with Gasteiger partial charge in [0.1, 0.15) is 0 Å². The molecule has 0 unspecified atom stereocenters. The first-order valence-electron chi connectivity index (χ1n) is 4.44. The van der Waals surface area contributed by atoms with E-state index in [0.717, 1.165) is 15.8 Å². The van der Waals surface area contributed by atoms with Gasteiger partial charge < -0.3 is 4.74 Å². The molecule has 76 valence electrons. The van der Waals surface area contributed by atoms with Crippen molar-refractivity contribution in [2.24, 2.45) is 0 Å². The van der Waals surface area contributed by atoms with E-state index in [4.69, 9.17) is 4.74 Å². The van der Waals surface area contributed by atoms with Gasteiger partial charge in [0.05, 0.1) is 5.52 Å². The Kier molecular flexibility index (Phi) is 2.60. The summed E-state index contributed by atoms with van der Waals surface area (Å²) in [6, 6.07) is 9.19. The van der Waals surface area contributed by atoms with Crippen LogP contribution < -0.4 is 4.74 Å². The number of rotatable bonds is 1. The molecule has 0 aliphatic heterocycles. The Morgan fingerprint density at radius 1 is 1.33 bits per heavy atom. The summed E-state index contributed by atoms with van der Waals surface area (Å²) in [4.78, 5) is 15.7. The number of esters is 1. The first-order valence-corrected chi connectivity index (χ1v) is 4.89. The third-order valence-electron chi connectivity index (χ3n) is 1.92. The zero-order valence-corrected chi connectivity index (χ0v) is 8.99. The fourth-order valence-corrected chi connectivity index (χ4v) is 1.58. The van der Waals surface area contributed by atoms with Gasteiger partial charge in [-0.2, -0.15) is 0 Å². The largest absolute Gasteiger partial charge is 0.408 e. The van der Waals surface area contributed by atoms with E-state index in [9.17, 15) is 4.79 Å². The number of pyridine rings is 1. The van der Waals surface area contributed by atoms with Crippen LogP contribution in [0.25, 0.3) is 10.9 Å². The van der Waals surface area contributed by atoms with Gasteiger partial charge in [-0.1, -0.05) is 12.1 Å². The topological polar surface area (TPSA) is 39.2 Å². The van der Waals surface area contributed by atoms with E-state index in [1.165, 1.54) is 6.92 Å². The van der Waals surface area contributed by atoms with Gasteiger partial charge in [-0.15, -0.1) is 12.6 Å². The molecule has 0 aliphatic rings. The Morgan fingerprint density at radius 3 is 2.87 bits per heavy atom. The molecule has 3 nitrogen and oxygen atoms in total. The SMILES string of the molecule is CC(=O)Oc1ccc2cccc(S)c2n1. The summed E-state index contributed by atoms with van der Waals surface area (Å²) in [5.41, 5.74) is 0.736. The summed E-state index contributed by atoms with van der Waals surface area (Å²) in [6.45, 7) is 1.35. The zero-order chi connectivity index (χ0) is 10.8. The Morgan fingerprint density at radius 2 is 2.13 bits per heavy atom. The van der Waals surface area contributed by atoms with Gasteiger partial charge in [-0.05, 0) is 12.1 Å². The summed E-state index contributed by atoms with van der Waals surface area (Å²) in [6.07, 6.45) is 0. The number of carbonyl (C=O) groups excluding carboxylic acids is 1. The zero-order valence-electron chi connectivity index (χ0n) is 8.10. The monoisotopic (exact) mass is 219 g/mol. The van der Waals surface area contributed by atoms with Crippen molar-refractivity contribution in [3.63, 3.8) is 0 Å². The van der Waals surface area contributed by atoms with E-state index in [1.807, 2.05) is 24.3 Å². The minimum atomic E-state index is -0.376. The number of para-hydroxylation sites is 1. The number of nitrogens with zero attached hydrogens (tertiary/aromatic N) is 1. The van der Waals surface area contributed by atoms with Crippen molar-refractivity contribution in [3.05, 3.63) is 30.3 Å². The van der Waals surface area contributed by atoms with Gasteiger partial charge in [0.2, 0.25) is 5.88 Å². The van der Waals surface area contributed by atoms with Crippen molar-refractivity contribution in [1.29, 1.82) is 0 Å². The standard InChI is InChI=1S/C11H9NO2S/c1-7(13)14-10-6-5-8-3-2-4-9(15)11(8)12-10/h2-6,15H,1H3. The van der Waals surface area contributed by atoms with E-state index >= 15 is 0 Å². The molecular weight excluding hydrogens is 210 g/mol. The molecule has 0 bridgehead atoms. The predicted octanol–water partition coefficient (Wildman–Crippen LogP) is 2.45. The first-order chi connectivity index (χ1) is 7.16. The van der Waals surface area contributed by atoms with E-state index in [1.54, 1.807) is 6.07 Å². The normalized spacial score (nSPS) is 10.3. The van der Waals surface area contributed by atoms with Crippen molar-refractivity contribution >= 4 is 29.5 Å². The van der Waals surface area contributed by atoms with E-state index in [0.29, 0.717) is 5.88 Å². The maximum absolute atomic E-state index is 10.8. The van der Waals surface area contributed by atoms with E-state index in [2.05, 4.69) is 17.6 Å². The molecule has 0 saturated carbocycles. The molecule has 0 spiro atoms. The minimum Gasteiger partial charge on any atom is -0.408 e. The molecule has 1 aromatic heterocycles. The summed E-state index contributed by atoms with van der Waals surface area (Å²) in [5.74, 6) is -0.0741. The maximum Gasteiger partial charge on any atom is 0.309 e. The van der Waals surface area contributed by atoms with Crippen molar-refractivity contribution in [2.45, 2.75) is 11.8 Å². The number of hydrogen-bond acceptors (Lipinski definition) is 4. The molecule has 1 aromatic carbocycles. The second-order valence-electron chi connectivity index (χ2n) is 3.09. The highest BCUT2D eigenvalue weighted by Crippen LogP contribution is 2.22. The van der Waals surface area contributed by atoms with Gasteiger partial charge in [-0.3, -0.25) is 4.79 Å². The highest BCUT2D eigenvalue weighted by atomic mass is 32.1. The molecule has 0 N–H and O–H groups in total. The van der Waals surface area contributed by atoms with Gasteiger partial charge in [-0.25, -0.2) is 4.98 Å². The number of fused-ring (bicyclic) bond motifs is 1. The number of aromatic nitrogens is 1. The van der Waals surface area contributed by atoms with Crippen LogP contribution in [0.5, 0.6) is 5.88 Å². The van der Waals surface area contributed by atoms with Crippen molar-refractivity contribution in [2.75, 3.05) is 0 Å². The fourth-order valence-electron chi connectivity index (χ4n) is 1.32. The molecular formula is C11H9NO2S. The summed E-state index contributed by atoms with van der Waals surface area (Å²) < 4.78 is 4.89. The number of thiol groups is 1. The Labute approximate surface area is 92.5 Å². The highest BCUT2D eigenvalue weighted by molar-refractivity contribution is 7.80. The average Bonchev–Trinajstić information content (AvgIpc) is 2.18. The molecule has 4 heteroatoms. The molecule has 1 heterocycles. The molecule has 0 amide bonds. The molecule has 15 heavy (non-hydrogen) atoms. The Balaban J connectivity index is 2.54. The lowest BCUT2D eigenvalue weighted by Crippen LogP contribution is -2.02. The van der Waals surface area contributed by atoms with Crippen LogP contribution >= 0.6 is 12.6 Å². The lowest BCUT2D eigenvalue weighted by atomic mass is 10.2. The minimum absolute atomic E-state index is 0.302. The highest BCUT2D eigenvalue weighted by Gasteiger charge is 2.03. The van der Waals surface area contributed by atoms with Crippen LogP contribution in [0, 0.1) is 0 Å². The van der Waals surface area contributed by atoms with E-state index in [-0.39, 0.29) is 5.97 Å². The molecule has 0 radical (unpaired) electrons. The average molecular weight is 219 g/mol. The fraction of sp³-hybridized carbons (Fsp3) is 0.0909. The molecule has 2 aromatic rings. The predicted molar refractivity (Wildman–Crippen MR) is 60.3 cm³/mol. The number of ether oxygens (including phenoxy) is 1. The second kappa shape index (κ2) is 3.90. The summed E-state index contributed by atoms with van der Waals surface area (Å²) >= 11 is 4.29. The van der Waals surface area contributed by atoms with Crippen LogP contribution in [0.2, 0.25) is 0 Å². The lowest BCUT2D eigenvalue weighted by Gasteiger charge is -2.03. The maximum atomic E-state index is 10.8. The molecule has 2 rings (SSSR count). The van der Waals surface area contributed by atoms with Gasteiger partial charge in [0, 0.05) is 23.3 Å². The first kappa shape index (κ1) is 9.98. The van der Waals surface area contributed by atoms with Crippen LogP contribution in [0.15, 0.2) is 35.2 Å². The quantitative estimate of drug-likeness (QED) is 0.591. The van der Waals surface area contributed by atoms with Crippen molar-refractivity contribution < 1.29 is 9.53 Å². The number of carbonyl (C=O) groups is 1. The van der Waals surface area contributed by atoms with Crippen molar-refractivity contribution in [1.82, 2.24) is 4.98 Å². The Hall–Kier alpha value is -1.55.